The van der Waals surface area contributed by atoms with Gasteiger partial charge in [0.15, 0.2) is 0 Å². The molecule has 4 aliphatic rings. The summed E-state index contributed by atoms with van der Waals surface area (Å²) in [5.74, 6) is 0.882. The van der Waals surface area contributed by atoms with E-state index < -0.39 is 0 Å². The summed E-state index contributed by atoms with van der Waals surface area (Å²) in [6, 6.07) is 38.6. The van der Waals surface area contributed by atoms with E-state index >= 15 is 0 Å². The second-order valence-corrected chi connectivity index (χ2v) is 18.7. The number of likely N-dealkylation sites (tertiary alicyclic amines) is 1. The van der Waals surface area contributed by atoms with Crippen LogP contribution in [0.1, 0.15) is 30.4 Å². The van der Waals surface area contributed by atoms with E-state index in [4.69, 9.17) is 24.2 Å². The SMILES string of the molecule is N#CCC(=O)N1CC[C@@H](Oc2ccc(-c3ncnc4[nH]c(-c5ccc(N6CCOCC6)cc5)cc34)cc2C#N)C1.N#Cc1cc(-c2ncnc3[nH]c(-c4ccc(N5CCOCC5)cc4)cc23)ccc1O[C@@H]1CCNC1. The van der Waals surface area contributed by atoms with Crippen molar-refractivity contribution in [1.82, 2.24) is 40.1 Å². The van der Waals surface area contributed by atoms with Crippen molar-refractivity contribution in [3.8, 4) is 74.7 Å². The lowest BCUT2D eigenvalue weighted by Crippen LogP contribution is -2.36. The van der Waals surface area contributed by atoms with Gasteiger partial charge in [-0.1, -0.05) is 24.3 Å². The smallest absolute Gasteiger partial charge is 0.236 e. The zero-order valence-electron chi connectivity index (χ0n) is 41.2. The molecule has 376 valence electrons. The molecule has 75 heavy (non-hydrogen) atoms. The lowest BCUT2D eigenvalue weighted by molar-refractivity contribution is -0.129. The Hall–Kier alpha value is -8.86. The fraction of sp³-hybridized carbons (Fsp3) is 0.298. The van der Waals surface area contributed by atoms with Crippen LogP contribution in [0.3, 0.4) is 0 Å². The Labute approximate surface area is 433 Å². The van der Waals surface area contributed by atoms with Gasteiger partial charge < -0.3 is 48.9 Å². The van der Waals surface area contributed by atoms with E-state index in [1.165, 1.54) is 17.7 Å². The van der Waals surface area contributed by atoms with Gasteiger partial charge in [-0.2, -0.15) is 15.8 Å². The minimum atomic E-state index is -0.229. The molecule has 0 bridgehead atoms. The molecule has 0 spiro atoms. The number of benzene rings is 4. The highest BCUT2D eigenvalue weighted by atomic mass is 16.5. The second kappa shape index (κ2) is 22.1. The molecule has 18 nitrogen and oxygen atoms in total. The maximum atomic E-state index is 12.0. The molecule has 12 rings (SSSR count). The van der Waals surface area contributed by atoms with Gasteiger partial charge >= 0.3 is 0 Å². The van der Waals surface area contributed by atoms with Crippen LogP contribution in [0.15, 0.2) is 110 Å². The van der Waals surface area contributed by atoms with Crippen molar-refractivity contribution < 1.29 is 23.7 Å². The normalized spacial score (nSPS) is 17.5. The van der Waals surface area contributed by atoms with Gasteiger partial charge in [-0.25, -0.2) is 19.9 Å². The molecule has 3 N–H and O–H groups in total. The molecule has 4 aliphatic heterocycles. The molecule has 0 aliphatic carbocycles. The van der Waals surface area contributed by atoms with Gasteiger partial charge in [0.05, 0.1) is 61.6 Å². The quantitative estimate of drug-likeness (QED) is 0.113. The number of hydrogen-bond acceptors (Lipinski definition) is 15. The number of fused-ring (bicyclic) bond motifs is 2. The molecule has 4 saturated heterocycles. The first-order chi connectivity index (χ1) is 36.9. The van der Waals surface area contributed by atoms with Crippen molar-refractivity contribution in [1.29, 1.82) is 15.8 Å². The number of rotatable bonds is 11. The minimum absolute atomic E-state index is 0.0978. The average Bonchev–Trinajstić information content (AvgIpc) is 4.33. The first-order valence-corrected chi connectivity index (χ1v) is 25.2. The summed E-state index contributed by atoms with van der Waals surface area (Å²) < 4.78 is 23.1. The van der Waals surface area contributed by atoms with E-state index in [2.05, 4.69) is 112 Å². The van der Waals surface area contributed by atoms with Crippen LogP contribution in [0.25, 0.3) is 67.1 Å². The van der Waals surface area contributed by atoms with Crippen LogP contribution in [0.5, 0.6) is 11.5 Å². The van der Waals surface area contributed by atoms with Crippen LogP contribution in [0, 0.1) is 34.0 Å². The number of carbonyl (C=O) groups excluding carboxylic acids is 1. The Morgan fingerprint density at radius 2 is 1.09 bits per heavy atom. The third kappa shape index (κ3) is 10.7. The summed E-state index contributed by atoms with van der Waals surface area (Å²) in [7, 11) is 0. The van der Waals surface area contributed by atoms with Gasteiger partial charge in [0.25, 0.3) is 0 Å². The fourth-order valence-corrected chi connectivity index (χ4v) is 10.1. The minimum Gasteiger partial charge on any atom is -0.488 e. The predicted molar refractivity (Wildman–Crippen MR) is 283 cm³/mol. The number of aromatic amines is 2. The molecule has 1 amide bonds. The van der Waals surface area contributed by atoms with E-state index in [-0.39, 0.29) is 24.5 Å². The van der Waals surface area contributed by atoms with Crippen molar-refractivity contribution in [3.05, 3.63) is 121 Å². The molecule has 4 aromatic heterocycles. The number of anilines is 2. The Bertz CT molecular complexity index is 3470. The van der Waals surface area contributed by atoms with Crippen molar-refractivity contribution >= 4 is 39.3 Å². The van der Waals surface area contributed by atoms with Crippen molar-refractivity contribution in [3.63, 3.8) is 0 Å². The summed E-state index contributed by atoms with van der Waals surface area (Å²) in [5.41, 5.74) is 11.9. The molecule has 4 aromatic carbocycles. The van der Waals surface area contributed by atoms with Crippen LogP contribution in [-0.2, 0) is 14.3 Å². The Balaban J connectivity index is 0.000000162. The second-order valence-electron chi connectivity index (χ2n) is 18.7. The Morgan fingerprint density at radius 3 is 1.56 bits per heavy atom. The molecular formula is C57H53N13O5. The number of ether oxygens (including phenoxy) is 4. The number of nitrogens with zero attached hydrogens (tertiary/aromatic N) is 10. The van der Waals surface area contributed by atoms with E-state index in [1.807, 2.05) is 36.4 Å². The molecular weight excluding hydrogens is 947 g/mol. The molecule has 18 heteroatoms. The zero-order valence-corrected chi connectivity index (χ0v) is 41.2. The maximum Gasteiger partial charge on any atom is 0.236 e. The van der Waals surface area contributed by atoms with E-state index in [0.717, 1.165) is 134 Å². The molecule has 2 atom stereocenters. The maximum absolute atomic E-state index is 12.0. The Morgan fingerprint density at radius 1 is 0.600 bits per heavy atom. The summed E-state index contributed by atoms with van der Waals surface area (Å²) in [4.78, 5) is 43.1. The van der Waals surface area contributed by atoms with Gasteiger partial charge in [0, 0.05) is 90.4 Å². The summed E-state index contributed by atoms with van der Waals surface area (Å²) in [6.07, 6.45) is 4.39. The van der Waals surface area contributed by atoms with Crippen LogP contribution < -0.4 is 24.6 Å². The standard InChI is InChI=1S/C30H27N7O3.C27H26N6O2/c31-9-7-28(38)37-10-8-24(18-37)40-27-6-3-21(15-22(27)17-32)29-25-16-26(35-30(25)34-19-33-29)20-1-4-23(5-2-20)36-11-13-39-14-12-36;28-15-20-13-19(3-6-25(20)35-22-7-8-29-16-22)26-23-14-24(32-27(23)31-17-30-26)18-1-4-21(5-2-18)33-9-11-34-12-10-33/h1-6,15-16,19,24H,7-8,10-14,18H2,(H,33,34,35);1-6,13-14,17,22,29H,7-12,16H2,(H,30,31,32)/t24-;22-/m11/s1. The zero-order chi connectivity index (χ0) is 51.1. The van der Waals surface area contributed by atoms with Crippen molar-refractivity contribution in [2.75, 3.05) is 88.6 Å². The molecule has 0 unspecified atom stereocenters. The van der Waals surface area contributed by atoms with Crippen molar-refractivity contribution in [2.24, 2.45) is 0 Å². The van der Waals surface area contributed by atoms with E-state index in [1.54, 1.807) is 23.4 Å². The highest BCUT2D eigenvalue weighted by Crippen LogP contribution is 2.36. The van der Waals surface area contributed by atoms with Crippen molar-refractivity contribution in [2.45, 2.75) is 31.5 Å². The van der Waals surface area contributed by atoms with Crippen LogP contribution in [-0.4, -0.2) is 132 Å². The highest BCUT2D eigenvalue weighted by Gasteiger charge is 2.28. The summed E-state index contributed by atoms with van der Waals surface area (Å²) in [6.45, 7) is 9.31. The number of amides is 1. The molecule has 4 fully saturated rings. The lowest BCUT2D eigenvalue weighted by atomic mass is 10.0. The number of carbonyl (C=O) groups is 1. The first kappa shape index (κ1) is 48.4. The Kier molecular flexibility index (Phi) is 14.3. The predicted octanol–water partition coefficient (Wildman–Crippen LogP) is 7.63. The summed E-state index contributed by atoms with van der Waals surface area (Å²) in [5, 5.41) is 33.5. The van der Waals surface area contributed by atoms with Gasteiger partial charge in [-0.05, 0) is 96.9 Å². The number of morpholine rings is 2. The van der Waals surface area contributed by atoms with E-state index in [0.29, 0.717) is 47.8 Å². The lowest BCUT2D eigenvalue weighted by Gasteiger charge is -2.28. The number of H-pyrrole nitrogens is 2. The molecule has 0 radical (unpaired) electrons. The van der Waals surface area contributed by atoms with Crippen LogP contribution in [0.4, 0.5) is 11.4 Å². The molecule has 8 aromatic rings. The largest absolute Gasteiger partial charge is 0.488 e. The van der Waals surface area contributed by atoms with Gasteiger partial charge in [0.1, 0.15) is 66.2 Å². The van der Waals surface area contributed by atoms with Crippen LogP contribution >= 0.6 is 0 Å². The number of hydrogen-bond donors (Lipinski definition) is 3. The fourth-order valence-electron chi connectivity index (χ4n) is 10.1. The first-order valence-electron chi connectivity index (χ1n) is 25.2. The topological polar surface area (TPSA) is 230 Å². The number of nitriles is 3. The van der Waals surface area contributed by atoms with Gasteiger partial charge in [-0.15, -0.1) is 0 Å². The monoisotopic (exact) mass is 999 g/mol. The number of nitrogens with one attached hydrogen (secondary N) is 3. The highest BCUT2D eigenvalue weighted by molar-refractivity contribution is 5.96. The van der Waals surface area contributed by atoms with Crippen LogP contribution in [0.2, 0.25) is 0 Å². The third-order valence-electron chi connectivity index (χ3n) is 14.0. The van der Waals surface area contributed by atoms with Gasteiger partial charge in [-0.3, -0.25) is 4.79 Å². The van der Waals surface area contributed by atoms with E-state index in [9.17, 15) is 15.3 Å². The van der Waals surface area contributed by atoms with Gasteiger partial charge in [0.2, 0.25) is 5.91 Å². The molecule has 8 heterocycles. The average molecular weight is 1000 g/mol. The summed E-state index contributed by atoms with van der Waals surface area (Å²) >= 11 is 0. The third-order valence-corrected chi connectivity index (χ3v) is 14.0. The molecule has 0 saturated carbocycles. The number of aromatic nitrogens is 6.